The Morgan fingerprint density at radius 3 is 2.50 bits per heavy atom. The molecule has 2 nitrogen and oxygen atoms in total. The maximum absolute atomic E-state index is 9.70. The molecule has 0 aromatic heterocycles. The molecule has 1 fully saturated rings. The monoisotopic (exact) mass is 171 g/mol. The summed E-state index contributed by atoms with van der Waals surface area (Å²) < 4.78 is 0. The predicted octanol–water partition coefficient (Wildman–Crippen LogP) is 1.52. The van der Waals surface area contributed by atoms with Crippen LogP contribution in [0.2, 0.25) is 0 Å². The summed E-state index contributed by atoms with van der Waals surface area (Å²) in [6, 6.07) is 0. The lowest BCUT2D eigenvalue weighted by Gasteiger charge is -2.20. The van der Waals surface area contributed by atoms with Crippen molar-refractivity contribution >= 4 is 0 Å². The van der Waals surface area contributed by atoms with Gasteiger partial charge in [0.05, 0.1) is 6.10 Å². The minimum Gasteiger partial charge on any atom is -0.393 e. The molecule has 1 aliphatic rings. The van der Waals surface area contributed by atoms with E-state index < -0.39 is 0 Å². The summed E-state index contributed by atoms with van der Waals surface area (Å²) >= 11 is 0. The highest BCUT2D eigenvalue weighted by Gasteiger charge is 2.21. The zero-order chi connectivity index (χ0) is 8.97. The van der Waals surface area contributed by atoms with Gasteiger partial charge in [-0.3, -0.25) is 0 Å². The first-order valence-corrected chi connectivity index (χ1v) is 5.12. The Labute approximate surface area is 75.2 Å². The van der Waals surface area contributed by atoms with E-state index in [9.17, 15) is 5.11 Å². The molecule has 0 amide bonds. The predicted molar refractivity (Wildman–Crippen MR) is 50.8 cm³/mol. The topological polar surface area (TPSA) is 46.2 Å². The number of nitrogens with two attached hydrogens (primary N) is 1. The number of hydrogen-bond acceptors (Lipinski definition) is 2. The van der Waals surface area contributed by atoms with Gasteiger partial charge >= 0.3 is 0 Å². The zero-order valence-corrected chi connectivity index (χ0v) is 8.00. The van der Waals surface area contributed by atoms with Gasteiger partial charge in [-0.2, -0.15) is 0 Å². The van der Waals surface area contributed by atoms with Crippen LogP contribution in [0, 0.1) is 11.8 Å². The minimum absolute atomic E-state index is 0.168. The van der Waals surface area contributed by atoms with E-state index in [1.165, 1.54) is 25.7 Å². The molecule has 0 aliphatic heterocycles. The van der Waals surface area contributed by atoms with Crippen molar-refractivity contribution in [2.75, 3.05) is 6.54 Å². The van der Waals surface area contributed by atoms with Gasteiger partial charge in [0.2, 0.25) is 0 Å². The molecule has 1 saturated carbocycles. The lowest BCUT2D eigenvalue weighted by Crippen LogP contribution is -2.26. The van der Waals surface area contributed by atoms with Gasteiger partial charge in [0, 0.05) is 0 Å². The van der Waals surface area contributed by atoms with Crippen molar-refractivity contribution in [2.24, 2.45) is 17.6 Å². The number of rotatable bonds is 4. The van der Waals surface area contributed by atoms with E-state index >= 15 is 0 Å². The van der Waals surface area contributed by atoms with Gasteiger partial charge in [-0.05, 0) is 24.8 Å². The normalized spacial score (nSPS) is 24.2. The fraction of sp³-hybridized carbons (Fsp3) is 1.00. The summed E-state index contributed by atoms with van der Waals surface area (Å²) in [5, 5.41) is 9.70. The van der Waals surface area contributed by atoms with E-state index in [4.69, 9.17) is 5.73 Å². The van der Waals surface area contributed by atoms with Crippen molar-refractivity contribution in [2.45, 2.75) is 45.1 Å². The summed E-state index contributed by atoms with van der Waals surface area (Å²) in [6.07, 6.45) is 6.14. The molecular formula is C10H21NO. The molecule has 1 rings (SSSR count). The third kappa shape index (κ3) is 2.76. The van der Waals surface area contributed by atoms with E-state index in [0.717, 1.165) is 12.3 Å². The maximum Gasteiger partial charge on any atom is 0.0580 e. The Morgan fingerprint density at radius 2 is 2.00 bits per heavy atom. The van der Waals surface area contributed by atoms with Crippen LogP contribution in [0.4, 0.5) is 0 Å². The fourth-order valence-corrected chi connectivity index (χ4v) is 1.98. The van der Waals surface area contributed by atoms with Crippen LogP contribution >= 0.6 is 0 Å². The lowest BCUT2D eigenvalue weighted by atomic mass is 9.93. The van der Waals surface area contributed by atoms with Crippen LogP contribution in [0.15, 0.2) is 0 Å². The van der Waals surface area contributed by atoms with Gasteiger partial charge in [0.15, 0.2) is 0 Å². The number of aliphatic hydroxyl groups excluding tert-OH is 1. The van der Waals surface area contributed by atoms with Crippen molar-refractivity contribution in [3.05, 3.63) is 0 Å². The molecule has 0 radical (unpaired) electrons. The fourth-order valence-electron chi connectivity index (χ4n) is 1.98. The van der Waals surface area contributed by atoms with Crippen LogP contribution in [0.1, 0.15) is 39.0 Å². The van der Waals surface area contributed by atoms with E-state index in [1.807, 2.05) is 6.92 Å². The molecule has 0 spiro atoms. The van der Waals surface area contributed by atoms with Crippen LogP contribution in [0.3, 0.4) is 0 Å². The maximum atomic E-state index is 9.70. The highest BCUT2D eigenvalue weighted by atomic mass is 16.3. The van der Waals surface area contributed by atoms with Crippen molar-refractivity contribution in [3.63, 3.8) is 0 Å². The largest absolute Gasteiger partial charge is 0.393 e. The molecule has 0 aromatic rings. The van der Waals surface area contributed by atoms with Gasteiger partial charge in [0.1, 0.15) is 0 Å². The average molecular weight is 171 g/mol. The standard InChI is InChI=1S/C10H21NO/c1-8(7-11)10(12)6-9-4-2-3-5-9/h8-10,12H,2-7,11H2,1H3. The first-order chi connectivity index (χ1) is 5.74. The molecule has 2 atom stereocenters. The Bertz CT molecular complexity index is 121. The quantitative estimate of drug-likeness (QED) is 0.673. The number of hydrogen-bond donors (Lipinski definition) is 2. The molecule has 72 valence electrons. The van der Waals surface area contributed by atoms with E-state index in [0.29, 0.717) is 6.54 Å². The third-order valence-corrected chi connectivity index (χ3v) is 3.08. The second-order valence-corrected chi connectivity index (χ2v) is 4.17. The zero-order valence-electron chi connectivity index (χ0n) is 8.00. The molecule has 0 aromatic carbocycles. The third-order valence-electron chi connectivity index (χ3n) is 3.08. The summed E-state index contributed by atoms with van der Waals surface area (Å²) in [5.74, 6) is 1.04. The molecule has 3 N–H and O–H groups in total. The Kier molecular flexibility index (Phi) is 4.02. The van der Waals surface area contributed by atoms with Crippen LogP contribution in [-0.2, 0) is 0 Å². The van der Waals surface area contributed by atoms with E-state index in [1.54, 1.807) is 0 Å². The Balaban J connectivity index is 2.19. The Hall–Kier alpha value is -0.0800. The molecule has 0 heterocycles. The minimum atomic E-state index is -0.168. The highest BCUT2D eigenvalue weighted by Crippen LogP contribution is 2.29. The van der Waals surface area contributed by atoms with Gasteiger partial charge in [-0.1, -0.05) is 32.6 Å². The molecule has 2 unspecified atom stereocenters. The van der Waals surface area contributed by atoms with E-state index in [-0.39, 0.29) is 12.0 Å². The summed E-state index contributed by atoms with van der Waals surface area (Å²) in [7, 11) is 0. The lowest BCUT2D eigenvalue weighted by molar-refractivity contribution is 0.0937. The van der Waals surface area contributed by atoms with Crippen LogP contribution in [0.25, 0.3) is 0 Å². The van der Waals surface area contributed by atoms with Gasteiger partial charge in [-0.25, -0.2) is 0 Å². The van der Waals surface area contributed by atoms with Gasteiger partial charge in [0.25, 0.3) is 0 Å². The first kappa shape index (κ1) is 10.0. The first-order valence-electron chi connectivity index (χ1n) is 5.12. The van der Waals surface area contributed by atoms with Gasteiger partial charge in [-0.15, -0.1) is 0 Å². The summed E-state index contributed by atoms with van der Waals surface area (Å²) in [5.41, 5.74) is 5.49. The van der Waals surface area contributed by atoms with Crippen LogP contribution in [-0.4, -0.2) is 17.8 Å². The van der Waals surface area contributed by atoms with Crippen molar-refractivity contribution in [1.29, 1.82) is 0 Å². The molecule has 1 aliphatic carbocycles. The summed E-state index contributed by atoms with van der Waals surface area (Å²) in [6.45, 7) is 2.63. The van der Waals surface area contributed by atoms with Gasteiger partial charge < -0.3 is 10.8 Å². The average Bonchev–Trinajstić information content (AvgIpc) is 2.55. The molecule has 0 saturated heterocycles. The molecule has 0 bridgehead atoms. The summed E-state index contributed by atoms with van der Waals surface area (Å²) in [4.78, 5) is 0. The second kappa shape index (κ2) is 4.83. The Morgan fingerprint density at radius 1 is 1.42 bits per heavy atom. The van der Waals surface area contributed by atoms with Crippen molar-refractivity contribution in [1.82, 2.24) is 0 Å². The smallest absolute Gasteiger partial charge is 0.0580 e. The number of aliphatic hydroxyl groups is 1. The van der Waals surface area contributed by atoms with Crippen LogP contribution < -0.4 is 5.73 Å². The molecule has 2 heteroatoms. The molecule has 12 heavy (non-hydrogen) atoms. The SMILES string of the molecule is CC(CN)C(O)CC1CCCC1. The van der Waals surface area contributed by atoms with Crippen LogP contribution in [0.5, 0.6) is 0 Å². The highest BCUT2D eigenvalue weighted by molar-refractivity contribution is 4.74. The van der Waals surface area contributed by atoms with Crippen molar-refractivity contribution in [3.8, 4) is 0 Å². The molecular weight excluding hydrogens is 150 g/mol. The second-order valence-electron chi connectivity index (χ2n) is 4.17. The van der Waals surface area contributed by atoms with E-state index in [2.05, 4.69) is 0 Å². The van der Waals surface area contributed by atoms with Crippen molar-refractivity contribution < 1.29 is 5.11 Å².